The van der Waals surface area contributed by atoms with Gasteiger partial charge in [0, 0.05) is 11.3 Å². The first-order valence-corrected chi connectivity index (χ1v) is 6.92. The van der Waals surface area contributed by atoms with E-state index in [2.05, 4.69) is 15.3 Å². The molecule has 5 nitrogen and oxygen atoms in total. The molecule has 5 heteroatoms. The Kier molecular flexibility index (Phi) is 3.47. The molecular formula is C17H15N3O2. The summed E-state index contributed by atoms with van der Waals surface area (Å²) < 4.78 is 0. The molecule has 0 radical (unpaired) electrons. The number of aromatic nitrogens is 2. The predicted octanol–water partition coefficient (Wildman–Crippen LogP) is 3.33. The molecule has 0 aliphatic carbocycles. The maximum atomic E-state index is 12.5. The summed E-state index contributed by atoms with van der Waals surface area (Å²) in [4.78, 5) is 31.3. The summed E-state index contributed by atoms with van der Waals surface area (Å²) in [5.41, 5.74) is 3.10. The van der Waals surface area contributed by atoms with Crippen LogP contribution in [0.25, 0.3) is 11.0 Å². The summed E-state index contributed by atoms with van der Waals surface area (Å²) in [5.74, 6) is 0.466. The molecule has 3 aromatic rings. The van der Waals surface area contributed by atoms with Crippen LogP contribution in [-0.2, 0) is 0 Å². The van der Waals surface area contributed by atoms with Crippen LogP contribution in [-0.4, -0.2) is 21.7 Å². The van der Waals surface area contributed by atoms with E-state index in [1.165, 1.54) is 6.92 Å². The van der Waals surface area contributed by atoms with E-state index in [9.17, 15) is 9.59 Å². The average Bonchev–Trinajstić information content (AvgIpc) is 2.87. The molecule has 0 saturated heterocycles. The Morgan fingerprint density at radius 1 is 1.14 bits per heavy atom. The van der Waals surface area contributed by atoms with Crippen molar-refractivity contribution in [1.29, 1.82) is 0 Å². The fourth-order valence-corrected chi connectivity index (χ4v) is 2.35. The molecule has 22 heavy (non-hydrogen) atoms. The van der Waals surface area contributed by atoms with Crippen LogP contribution < -0.4 is 5.32 Å². The number of para-hydroxylation sites is 1. The van der Waals surface area contributed by atoms with Crippen molar-refractivity contribution in [2.24, 2.45) is 0 Å². The molecule has 3 rings (SSSR count). The van der Waals surface area contributed by atoms with E-state index < -0.39 is 0 Å². The third kappa shape index (κ3) is 2.61. The number of ketones is 1. The number of aryl methyl sites for hydroxylation is 1. The summed E-state index contributed by atoms with van der Waals surface area (Å²) >= 11 is 0. The smallest absolute Gasteiger partial charge is 0.257 e. The van der Waals surface area contributed by atoms with Gasteiger partial charge in [-0.15, -0.1) is 0 Å². The molecule has 2 aromatic carbocycles. The standard InChI is InChI=1S/C17H15N3O2/c1-10(21)12-5-3-6-13(9-12)20-17(22)14-7-4-8-15-16(14)19-11(2)18-15/h3-9H,1-2H3,(H,18,19)(H,20,22). The van der Waals surface area contributed by atoms with Gasteiger partial charge in [-0.1, -0.05) is 18.2 Å². The minimum atomic E-state index is -0.252. The number of hydrogen-bond acceptors (Lipinski definition) is 3. The molecule has 2 N–H and O–H groups in total. The first-order chi connectivity index (χ1) is 10.5. The zero-order valence-corrected chi connectivity index (χ0v) is 12.3. The van der Waals surface area contributed by atoms with E-state index in [1.807, 2.05) is 13.0 Å². The highest BCUT2D eigenvalue weighted by atomic mass is 16.1. The molecule has 110 valence electrons. The van der Waals surface area contributed by atoms with E-state index >= 15 is 0 Å². The number of rotatable bonds is 3. The molecule has 1 heterocycles. The number of anilines is 1. The lowest BCUT2D eigenvalue weighted by atomic mass is 10.1. The predicted molar refractivity (Wildman–Crippen MR) is 85.2 cm³/mol. The molecule has 0 aliphatic heterocycles. The van der Waals surface area contributed by atoms with Crippen molar-refractivity contribution >= 4 is 28.4 Å². The van der Waals surface area contributed by atoms with Crippen LogP contribution in [0.4, 0.5) is 5.69 Å². The minimum Gasteiger partial charge on any atom is -0.342 e. The Labute approximate surface area is 127 Å². The molecule has 1 aromatic heterocycles. The molecule has 0 fully saturated rings. The van der Waals surface area contributed by atoms with E-state index in [1.54, 1.807) is 36.4 Å². The summed E-state index contributed by atoms with van der Waals surface area (Å²) in [5, 5.41) is 2.81. The summed E-state index contributed by atoms with van der Waals surface area (Å²) in [7, 11) is 0. The van der Waals surface area contributed by atoms with Gasteiger partial charge in [0.15, 0.2) is 5.78 Å². The van der Waals surface area contributed by atoms with Crippen LogP contribution in [0.2, 0.25) is 0 Å². The Morgan fingerprint density at radius 3 is 2.68 bits per heavy atom. The number of nitrogens with zero attached hydrogens (tertiary/aromatic N) is 1. The summed E-state index contributed by atoms with van der Waals surface area (Å²) in [6, 6.07) is 12.3. The van der Waals surface area contributed by atoms with Crippen LogP contribution in [0.3, 0.4) is 0 Å². The molecule has 1 amide bonds. The van der Waals surface area contributed by atoms with Gasteiger partial charge in [-0.25, -0.2) is 4.98 Å². The van der Waals surface area contributed by atoms with Gasteiger partial charge in [0.25, 0.3) is 5.91 Å². The number of aromatic amines is 1. The van der Waals surface area contributed by atoms with E-state index in [4.69, 9.17) is 0 Å². The van der Waals surface area contributed by atoms with Gasteiger partial charge in [-0.05, 0) is 38.1 Å². The molecule has 0 spiro atoms. The number of benzene rings is 2. The van der Waals surface area contributed by atoms with Crippen molar-refractivity contribution < 1.29 is 9.59 Å². The molecule has 0 aliphatic rings. The largest absolute Gasteiger partial charge is 0.342 e. The van der Waals surface area contributed by atoms with Gasteiger partial charge in [0.2, 0.25) is 0 Å². The number of carbonyl (C=O) groups excluding carboxylic acids is 2. The number of hydrogen-bond donors (Lipinski definition) is 2. The minimum absolute atomic E-state index is 0.0406. The molecular weight excluding hydrogens is 278 g/mol. The second-order valence-electron chi connectivity index (χ2n) is 5.12. The van der Waals surface area contributed by atoms with Crippen LogP contribution in [0.5, 0.6) is 0 Å². The number of Topliss-reactive ketones (excluding diaryl/α,β-unsaturated/α-hetero) is 1. The topological polar surface area (TPSA) is 74.8 Å². The number of amides is 1. The lowest BCUT2D eigenvalue weighted by Crippen LogP contribution is -2.12. The molecule has 0 atom stereocenters. The second kappa shape index (κ2) is 5.44. The van der Waals surface area contributed by atoms with Gasteiger partial charge < -0.3 is 10.3 Å². The highest BCUT2D eigenvalue weighted by Crippen LogP contribution is 2.18. The average molecular weight is 293 g/mol. The van der Waals surface area contributed by atoms with Crippen LogP contribution in [0.1, 0.15) is 33.5 Å². The van der Waals surface area contributed by atoms with Gasteiger partial charge in [0.1, 0.15) is 11.3 Å². The normalized spacial score (nSPS) is 10.6. The fraction of sp³-hybridized carbons (Fsp3) is 0.118. The SMILES string of the molecule is CC(=O)c1cccc(NC(=O)c2cccc3[nH]c(C)nc23)c1. The van der Waals surface area contributed by atoms with E-state index in [0.29, 0.717) is 22.3 Å². The lowest BCUT2D eigenvalue weighted by molar-refractivity contribution is 0.101. The van der Waals surface area contributed by atoms with Crippen molar-refractivity contribution in [3.05, 3.63) is 59.4 Å². The van der Waals surface area contributed by atoms with Gasteiger partial charge in [-0.3, -0.25) is 9.59 Å². The van der Waals surface area contributed by atoms with E-state index in [0.717, 1.165) is 11.3 Å². The summed E-state index contributed by atoms with van der Waals surface area (Å²) in [6.45, 7) is 3.34. The van der Waals surface area contributed by atoms with Crippen LogP contribution in [0, 0.1) is 6.92 Å². The second-order valence-corrected chi connectivity index (χ2v) is 5.12. The maximum Gasteiger partial charge on any atom is 0.257 e. The van der Waals surface area contributed by atoms with Crippen molar-refractivity contribution in [1.82, 2.24) is 9.97 Å². The van der Waals surface area contributed by atoms with Crippen molar-refractivity contribution in [3.8, 4) is 0 Å². The van der Waals surface area contributed by atoms with Gasteiger partial charge >= 0.3 is 0 Å². The molecule has 0 bridgehead atoms. The van der Waals surface area contributed by atoms with Crippen molar-refractivity contribution in [3.63, 3.8) is 0 Å². The Balaban J connectivity index is 1.93. The van der Waals surface area contributed by atoms with Crippen LogP contribution >= 0.6 is 0 Å². The van der Waals surface area contributed by atoms with Gasteiger partial charge in [0.05, 0.1) is 11.1 Å². The maximum absolute atomic E-state index is 12.5. The first-order valence-electron chi connectivity index (χ1n) is 6.92. The number of carbonyl (C=O) groups is 2. The number of imidazole rings is 1. The highest BCUT2D eigenvalue weighted by molar-refractivity contribution is 6.11. The van der Waals surface area contributed by atoms with Crippen LogP contribution in [0.15, 0.2) is 42.5 Å². The van der Waals surface area contributed by atoms with E-state index in [-0.39, 0.29) is 11.7 Å². The zero-order chi connectivity index (χ0) is 15.7. The Hall–Kier alpha value is -2.95. The fourth-order valence-electron chi connectivity index (χ4n) is 2.35. The molecule has 0 saturated carbocycles. The quantitative estimate of drug-likeness (QED) is 0.727. The Bertz CT molecular complexity index is 880. The monoisotopic (exact) mass is 293 g/mol. The molecule has 0 unspecified atom stereocenters. The third-order valence-electron chi connectivity index (χ3n) is 3.40. The van der Waals surface area contributed by atoms with Gasteiger partial charge in [-0.2, -0.15) is 0 Å². The first kappa shape index (κ1) is 14.0. The Morgan fingerprint density at radius 2 is 1.91 bits per heavy atom. The number of nitrogens with one attached hydrogen (secondary N) is 2. The summed E-state index contributed by atoms with van der Waals surface area (Å²) in [6.07, 6.45) is 0. The number of H-pyrrole nitrogens is 1. The zero-order valence-electron chi connectivity index (χ0n) is 12.3. The van der Waals surface area contributed by atoms with Crippen molar-refractivity contribution in [2.45, 2.75) is 13.8 Å². The number of fused-ring (bicyclic) bond motifs is 1. The highest BCUT2D eigenvalue weighted by Gasteiger charge is 2.13. The lowest BCUT2D eigenvalue weighted by Gasteiger charge is -2.07. The third-order valence-corrected chi connectivity index (χ3v) is 3.40. The van der Waals surface area contributed by atoms with Crippen molar-refractivity contribution in [2.75, 3.05) is 5.32 Å².